The van der Waals surface area contributed by atoms with Crippen LogP contribution < -0.4 is 24.8 Å². The summed E-state index contributed by atoms with van der Waals surface area (Å²) in [5.41, 5.74) is 8.86. The maximum absolute atomic E-state index is 2.34. The van der Waals surface area contributed by atoms with Crippen molar-refractivity contribution in [2.75, 3.05) is 0 Å². The molecule has 38 heavy (non-hydrogen) atoms. The number of fused-ring (bicyclic) bond motifs is 2. The van der Waals surface area contributed by atoms with Crippen LogP contribution in [0.4, 0.5) is 0 Å². The first-order chi connectivity index (χ1) is 17.2. The zero-order valence-corrected chi connectivity index (χ0v) is 30.0. The molecule has 0 heterocycles. The van der Waals surface area contributed by atoms with E-state index < -0.39 is 0 Å². The van der Waals surface area contributed by atoms with Crippen LogP contribution in [-0.4, -0.2) is 5.43 Å². The summed E-state index contributed by atoms with van der Waals surface area (Å²) in [6.07, 6.45) is 10.4. The van der Waals surface area contributed by atoms with E-state index in [-0.39, 0.29) is 30.2 Å². The number of hydrogen-bond donors (Lipinski definition) is 0. The molecule has 0 bridgehead atoms. The van der Waals surface area contributed by atoms with Crippen LogP contribution in [0, 0.1) is 27.7 Å². The molecule has 0 saturated carbocycles. The largest absolute Gasteiger partial charge is 1.00 e. The average Bonchev–Trinajstić information content (AvgIpc) is 3.41. The SMILES string of the molecule is CCCCCc1ccc(C)c2[cH-]c(C)cc12.CCCCCc1ccc(C)c2[cH-]c(C)cc12.C[Si](C)=[Zr+2].[Cl-].[Cl-]. The van der Waals surface area contributed by atoms with Crippen molar-refractivity contribution >= 4 is 27.0 Å². The van der Waals surface area contributed by atoms with E-state index in [2.05, 4.69) is 103 Å². The van der Waals surface area contributed by atoms with E-state index in [0.29, 0.717) is 0 Å². The molecule has 0 fully saturated rings. The molecule has 4 rings (SSSR count). The third-order valence-corrected chi connectivity index (χ3v) is 6.78. The van der Waals surface area contributed by atoms with Gasteiger partial charge in [0.2, 0.25) is 0 Å². The Morgan fingerprint density at radius 3 is 1.29 bits per heavy atom. The first-order valence-corrected chi connectivity index (χ1v) is 20.2. The van der Waals surface area contributed by atoms with Gasteiger partial charge in [-0.1, -0.05) is 103 Å². The van der Waals surface area contributed by atoms with Crippen LogP contribution in [0.2, 0.25) is 13.1 Å². The molecule has 0 N–H and O–H groups in total. The minimum atomic E-state index is 0. The van der Waals surface area contributed by atoms with Crippen molar-refractivity contribution in [3.8, 4) is 0 Å². The molecular weight excluding hydrogens is 599 g/mol. The van der Waals surface area contributed by atoms with Gasteiger partial charge < -0.3 is 24.8 Å². The molecule has 0 spiro atoms. The van der Waals surface area contributed by atoms with Crippen LogP contribution >= 0.6 is 0 Å². The van der Waals surface area contributed by atoms with Gasteiger partial charge in [0.25, 0.3) is 0 Å². The third-order valence-electron chi connectivity index (χ3n) is 6.78. The first-order valence-electron chi connectivity index (χ1n) is 14.0. The van der Waals surface area contributed by atoms with E-state index in [0.717, 1.165) is 0 Å². The normalized spacial score (nSPS) is 10.2. The Morgan fingerprint density at radius 1 is 0.632 bits per heavy atom. The topological polar surface area (TPSA) is 0 Å². The maximum atomic E-state index is 2.34. The molecule has 4 aromatic carbocycles. The fourth-order valence-corrected chi connectivity index (χ4v) is 4.87. The summed E-state index contributed by atoms with van der Waals surface area (Å²) in [6, 6.07) is 18.5. The van der Waals surface area contributed by atoms with E-state index in [4.69, 9.17) is 0 Å². The molecule has 0 atom stereocenters. The van der Waals surface area contributed by atoms with Crippen molar-refractivity contribution in [1.29, 1.82) is 0 Å². The van der Waals surface area contributed by atoms with Gasteiger partial charge in [0, 0.05) is 0 Å². The van der Waals surface area contributed by atoms with Crippen molar-refractivity contribution in [3.05, 3.63) is 81.9 Å². The van der Waals surface area contributed by atoms with Crippen LogP contribution in [0.5, 0.6) is 0 Å². The summed E-state index contributed by atoms with van der Waals surface area (Å²) in [5.74, 6) is 0. The molecule has 0 unspecified atom stereocenters. The quantitative estimate of drug-likeness (QED) is 0.149. The summed E-state index contributed by atoms with van der Waals surface area (Å²) < 4.78 is 0. The van der Waals surface area contributed by atoms with E-state index in [1.54, 1.807) is 23.3 Å². The summed E-state index contributed by atoms with van der Waals surface area (Å²) in [6.45, 7) is 17.9. The minimum Gasteiger partial charge on any atom is -1.00 e. The molecule has 4 heteroatoms. The van der Waals surface area contributed by atoms with Gasteiger partial charge in [0.1, 0.15) is 0 Å². The Balaban J connectivity index is 0.000000604. The summed E-state index contributed by atoms with van der Waals surface area (Å²) in [4.78, 5) is 0. The van der Waals surface area contributed by atoms with Gasteiger partial charge in [-0.25, -0.2) is 0 Å². The molecular formula is C34H48Cl2SiZr-2. The molecule has 0 radical (unpaired) electrons. The number of hydrogen-bond acceptors (Lipinski definition) is 0. The maximum Gasteiger partial charge on any atom is -1.00 e. The van der Waals surface area contributed by atoms with Crippen LogP contribution in [0.25, 0.3) is 21.5 Å². The van der Waals surface area contributed by atoms with E-state index in [9.17, 15) is 0 Å². The molecule has 208 valence electrons. The second-order valence-electron chi connectivity index (χ2n) is 10.7. The number of halogens is 2. The van der Waals surface area contributed by atoms with Crippen molar-refractivity contribution in [1.82, 2.24) is 0 Å². The van der Waals surface area contributed by atoms with Crippen molar-refractivity contribution in [2.45, 2.75) is 106 Å². The smallest absolute Gasteiger partial charge is 1.00 e. The fraction of sp³-hybridized carbons (Fsp3) is 0.471. The van der Waals surface area contributed by atoms with E-state index in [1.807, 2.05) is 0 Å². The Kier molecular flexibility index (Phi) is 19.1. The van der Waals surface area contributed by atoms with Crippen molar-refractivity contribution in [3.63, 3.8) is 0 Å². The number of benzene rings is 2. The number of rotatable bonds is 8. The van der Waals surface area contributed by atoms with Gasteiger partial charge in [0.15, 0.2) is 0 Å². The average molecular weight is 647 g/mol. The Bertz CT molecular complexity index is 1150. The zero-order chi connectivity index (χ0) is 26.7. The van der Waals surface area contributed by atoms with Gasteiger partial charge in [-0.05, 0) is 12.8 Å². The standard InChI is InChI=1S/2C16H21.C2H6Si.2ClH.Zr/c2*1-4-5-6-7-14-9-8-13(3)15-10-12(2)11-16(14)15;1-3-2;;;/h2*8-11H,4-7H2,1-3H3;1-2H3;2*1H;/q2*-1;;;;+2/p-2. The van der Waals surface area contributed by atoms with Gasteiger partial charge in [-0.2, -0.15) is 12.1 Å². The predicted molar refractivity (Wildman–Crippen MR) is 162 cm³/mol. The summed E-state index contributed by atoms with van der Waals surface area (Å²) in [5, 5.41) is 5.86. The van der Waals surface area contributed by atoms with Crippen LogP contribution in [0.3, 0.4) is 0 Å². The van der Waals surface area contributed by atoms with Crippen LogP contribution in [0.1, 0.15) is 85.8 Å². The molecule has 0 nitrogen and oxygen atoms in total. The first kappa shape index (κ1) is 37.3. The number of unbranched alkanes of at least 4 members (excludes halogenated alkanes) is 4. The molecule has 0 aliphatic heterocycles. The zero-order valence-electron chi connectivity index (χ0n) is 25.0. The fourth-order valence-electron chi connectivity index (χ4n) is 4.87. The van der Waals surface area contributed by atoms with E-state index in [1.165, 1.54) is 106 Å². The monoisotopic (exact) mass is 644 g/mol. The second kappa shape index (κ2) is 19.4. The Morgan fingerprint density at radius 2 is 0.974 bits per heavy atom. The minimum absolute atomic E-state index is 0. The molecule has 0 amide bonds. The predicted octanol–water partition coefficient (Wildman–Crippen LogP) is 4.61. The summed E-state index contributed by atoms with van der Waals surface area (Å²) >= 11 is 1.74. The summed E-state index contributed by atoms with van der Waals surface area (Å²) in [7, 11) is 0. The van der Waals surface area contributed by atoms with Gasteiger partial charge >= 0.3 is 41.9 Å². The van der Waals surface area contributed by atoms with Gasteiger partial charge in [-0.15, -0.1) is 68.1 Å². The molecule has 0 aliphatic rings. The Hall–Kier alpha value is -0.660. The van der Waals surface area contributed by atoms with Crippen molar-refractivity contribution < 1.29 is 48.1 Å². The molecule has 0 aliphatic carbocycles. The van der Waals surface area contributed by atoms with Crippen LogP contribution in [-0.2, 0) is 36.2 Å². The van der Waals surface area contributed by atoms with Crippen LogP contribution in [0.15, 0.2) is 48.5 Å². The molecule has 0 saturated heterocycles. The Labute approximate surface area is 261 Å². The van der Waals surface area contributed by atoms with Gasteiger partial charge in [-0.3, -0.25) is 0 Å². The number of aryl methyl sites for hydroxylation is 6. The molecule has 4 aromatic rings. The van der Waals surface area contributed by atoms with Crippen molar-refractivity contribution in [2.24, 2.45) is 0 Å². The second-order valence-corrected chi connectivity index (χ2v) is 20.1. The van der Waals surface area contributed by atoms with E-state index >= 15 is 0 Å². The third kappa shape index (κ3) is 11.8. The molecule has 0 aromatic heterocycles. The van der Waals surface area contributed by atoms with Gasteiger partial charge in [0.05, 0.1) is 0 Å².